The minimum atomic E-state index is 0.0207. The first-order valence-corrected chi connectivity index (χ1v) is 7.92. The Morgan fingerprint density at radius 3 is 3.00 bits per heavy atom. The summed E-state index contributed by atoms with van der Waals surface area (Å²) in [4.78, 5) is 16.9. The van der Waals surface area contributed by atoms with E-state index in [0.717, 1.165) is 26.1 Å². The van der Waals surface area contributed by atoms with Crippen molar-refractivity contribution in [2.75, 3.05) is 40.4 Å². The molecule has 2 aliphatic heterocycles. The fraction of sp³-hybridized carbons (Fsp3) is 0.562. The Morgan fingerprint density at radius 1 is 1.41 bits per heavy atom. The lowest BCUT2D eigenvalue weighted by molar-refractivity contribution is -0.0893. The number of likely N-dealkylation sites (N-methyl/N-ethyl adjacent to an activating group) is 1. The lowest BCUT2D eigenvalue weighted by atomic mass is 9.98. The summed E-state index contributed by atoms with van der Waals surface area (Å²) in [7, 11) is 3.65. The molecule has 22 heavy (non-hydrogen) atoms. The van der Waals surface area contributed by atoms with Gasteiger partial charge in [-0.2, -0.15) is 0 Å². The van der Waals surface area contributed by atoms with Crippen molar-refractivity contribution in [3.63, 3.8) is 0 Å². The zero-order valence-corrected chi connectivity index (χ0v) is 13.7. The minimum absolute atomic E-state index is 0.0207. The SMILES string of the molecule is COc1cc(C(=O)N2CC[C@@H]3OCCN(C)[C@H]3C2)ccc1Cl. The van der Waals surface area contributed by atoms with E-state index in [4.69, 9.17) is 21.1 Å². The second kappa shape index (κ2) is 6.44. The molecule has 0 radical (unpaired) electrons. The van der Waals surface area contributed by atoms with Crippen LogP contribution in [0.5, 0.6) is 5.75 Å². The van der Waals surface area contributed by atoms with E-state index in [-0.39, 0.29) is 18.1 Å². The van der Waals surface area contributed by atoms with Gasteiger partial charge in [-0.1, -0.05) is 11.6 Å². The molecule has 0 saturated carbocycles. The van der Waals surface area contributed by atoms with Crippen LogP contribution in [0.2, 0.25) is 5.02 Å². The molecule has 0 N–H and O–H groups in total. The highest BCUT2D eigenvalue weighted by atomic mass is 35.5. The van der Waals surface area contributed by atoms with E-state index in [1.54, 1.807) is 25.3 Å². The summed E-state index contributed by atoms with van der Waals surface area (Å²) >= 11 is 6.02. The number of benzene rings is 1. The molecule has 2 aliphatic rings. The van der Waals surface area contributed by atoms with Crippen LogP contribution in [0.15, 0.2) is 18.2 Å². The number of carbonyl (C=O) groups excluding carboxylic acids is 1. The Kier molecular flexibility index (Phi) is 4.57. The highest BCUT2D eigenvalue weighted by molar-refractivity contribution is 6.32. The summed E-state index contributed by atoms with van der Waals surface area (Å²) in [5.74, 6) is 0.549. The molecule has 0 aliphatic carbocycles. The van der Waals surface area contributed by atoms with Gasteiger partial charge in [-0.15, -0.1) is 0 Å². The molecule has 5 nitrogen and oxygen atoms in total. The van der Waals surface area contributed by atoms with Crippen LogP contribution in [-0.4, -0.2) is 68.3 Å². The monoisotopic (exact) mass is 324 g/mol. The average Bonchev–Trinajstić information content (AvgIpc) is 2.55. The van der Waals surface area contributed by atoms with E-state index < -0.39 is 0 Å². The normalized spacial score (nSPS) is 25.7. The van der Waals surface area contributed by atoms with Gasteiger partial charge in [0.05, 0.1) is 30.9 Å². The van der Waals surface area contributed by atoms with E-state index in [1.807, 2.05) is 4.90 Å². The Hall–Kier alpha value is -1.30. The molecule has 6 heteroatoms. The summed E-state index contributed by atoms with van der Waals surface area (Å²) in [6.07, 6.45) is 1.12. The number of hydrogen-bond donors (Lipinski definition) is 0. The van der Waals surface area contributed by atoms with Crippen molar-refractivity contribution in [2.24, 2.45) is 0 Å². The number of amides is 1. The highest BCUT2D eigenvalue weighted by Crippen LogP contribution is 2.27. The summed E-state index contributed by atoms with van der Waals surface area (Å²) in [5.41, 5.74) is 0.610. The second-order valence-electron chi connectivity index (χ2n) is 5.85. The van der Waals surface area contributed by atoms with Crippen molar-refractivity contribution in [3.8, 4) is 5.75 Å². The van der Waals surface area contributed by atoms with Crippen molar-refractivity contribution in [1.82, 2.24) is 9.80 Å². The van der Waals surface area contributed by atoms with Gasteiger partial charge in [-0.05, 0) is 31.7 Å². The number of halogens is 1. The predicted octanol–water partition coefficient (Wildman–Crippen LogP) is 1.89. The molecule has 0 unspecified atom stereocenters. The fourth-order valence-corrected chi connectivity index (χ4v) is 3.40. The number of ether oxygens (including phenoxy) is 2. The standard InChI is InChI=1S/C16H21ClN2O3/c1-18-7-8-22-14-5-6-19(10-13(14)18)16(20)11-3-4-12(17)15(9-11)21-2/h3-4,9,13-14H,5-8,10H2,1-2H3/t13-,14-/m0/s1. The smallest absolute Gasteiger partial charge is 0.254 e. The predicted molar refractivity (Wildman–Crippen MR) is 84.7 cm³/mol. The quantitative estimate of drug-likeness (QED) is 0.833. The first kappa shape index (κ1) is 15.6. The lowest BCUT2D eigenvalue weighted by Gasteiger charge is -2.45. The Morgan fingerprint density at radius 2 is 2.23 bits per heavy atom. The van der Waals surface area contributed by atoms with Crippen LogP contribution in [0, 0.1) is 0 Å². The van der Waals surface area contributed by atoms with Gasteiger partial charge in [-0.3, -0.25) is 9.69 Å². The third-order valence-electron chi connectivity index (χ3n) is 4.55. The first-order valence-electron chi connectivity index (χ1n) is 7.55. The van der Waals surface area contributed by atoms with Crippen molar-refractivity contribution in [1.29, 1.82) is 0 Å². The molecule has 2 saturated heterocycles. The maximum absolute atomic E-state index is 12.7. The van der Waals surface area contributed by atoms with Crippen LogP contribution in [0.3, 0.4) is 0 Å². The molecular weight excluding hydrogens is 304 g/mol. The van der Waals surface area contributed by atoms with Crippen LogP contribution < -0.4 is 4.74 Å². The zero-order chi connectivity index (χ0) is 15.7. The Bertz CT molecular complexity index is 566. The fourth-order valence-electron chi connectivity index (χ4n) is 3.20. The van der Waals surface area contributed by atoms with Crippen LogP contribution in [0.1, 0.15) is 16.8 Å². The molecule has 3 rings (SSSR count). The van der Waals surface area contributed by atoms with E-state index >= 15 is 0 Å². The molecule has 0 aromatic heterocycles. The summed E-state index contributed by atoms with van der Waals surface area (Å²) in [6.45, 7) is 3.11. The Labute approximate surface area is 135 Å². The van der Waals surface area contributed by atoms with Gasteiger partial charge in [-0.25, -0.2) is 0 Å². The summed E-state index contributed by atoms with van der Waals surface area (Å²) < 4.78 is 11.0. The number of fused-ring (bicyclic) bond motifs is 1. The second-order valence-corrected chi connectivity index (χ2v) is 6.25. The van der Waals surface area contributed by atoms with E-state index in [9.17, 15) is 4.79 Å². The molecule has 2 atom stereocenters. The molecule has 1 aromatic carbocycles. The number of carbonyl (C=O) groups is 1. The van der Waals surface area contributed by atoms with Crippen molar-refractivity contribution in [3.05, 3.63) is 28.8 Å². The molecular formula is C16H21ClN2O3. The van der Waals surface area contributed by atoms with Gasteiger partial charge in [0.1, 0.15) is 5.75 Å². The average molecular weight is 325 g/mol. The van der Waals surface area contributed by atoms with Crippen molar-refractivity contribution >= 4 is 17.5 Å². The van der Waals surface area contributed by atoms with E-state index in [2.05, 4.69) is 11.9 Å². The van der Waals surface area contributed by atoms with Gasteiger partial charge < -0.3 is 14.4 Å². The lowest BCUT2D eigenvalue weighted by Crippen LogP contribution is -2.59. The Balaban J connectivity index is 1.75. The topological polar surface area (TPSA) is 42.0 Å². The largest absolute Gasteiger partial charge is 0.495 e. The van der Waals surface area contributed by atoms with Gasteiger partial charge in [0.25, 0.3) is 5.91 Å². The first-order chi connectivity index (χ1) is 10.6. The van der Waals surface area contributed by atoms with Crippen LogP contribution in [0.4, 0.5) is 0 Å². The number of methoxy groups -OCH3 is 1. The maximum atomic E-state index is 12.7. The number of nitrogens with zero attached hydrogens (tertiary/aromatic N) is 2. The number of likely N-dealkylation sites (tertiary alicyclic amines) is 1. The number of morpholine rings is 1. The summed E-state index contributed by atoms with van der Waals surface area (Å²) in [6, 6.07) is 5.44. The minimum Gasteiger partial charge on any atom is -0.495 e. The number of piperidine rings is 1. The van der Waals surface area contributed by atoms with Gasteiger partial charge in [0.2, 0.25) is 0 Å². The highest BCUT2D eigenvalue weighted by Gasteiger charge is 2.37. The van der Waals surface area contributed by atoms with Crippen molar-refractivity contribution < 1.29 is 14.3 Å². The molecule has 2 fully saturated rings. The van der Waals surface area contributed by atoms with Gasteiger partial charge in [0, 0.05) is 25.2 Å². The molecule has 2 heterocycles. The van der Waals surface area contributed by atoms with Crippen molar-refractivity contribution in [2.45, 2.75) is 18.6 Å². The molecule has 1 amide bonds. The third-order valence-corrected chi connectivity index (χ3v) is 4.86. The third kappa shape index (κ3) is 2.93. The van der Waals surface area contributed by atoms with E-state index in [0.29, 0.717) is 22.9 Å². The number of rotatable bonds is 2. The van der Waals surface area contributed by atoms with Gasteiger partial charge >= 0.3 is 0 Å². The molecule has 1 aromatic rings. The van der Waals surface area contributed by atoms with Crippen LogP contribution in [-0.2, 0) is 4.74 Å². The zero-order valence-electron chi connectivity index (χ0n) is 12.9. The van der Waals surface area contributed by atoms with Crippen LogP contribution in [0.25, 0.3) is 0 Å². The maximum Gasteiger partial charge on any atom is 0.254 e. The van der Waals surface area contributed by atoms with Gasteiger partial charge in [0.15, 0.2) is 0 Å². The molecule has 120 valence electrons. The summed E-state index contributed by atoms with van der Waals surface area (Å²) in [5, 5.41) is 0.512. The molecule has 0 bridgehead atoms. The van der Waals surface area contributed by atoms with E-state index in [1.165, 1.54) is 0 Å². The van der Waals surface area contributed by atoms with Crippen LogP contribution >= 0.6 is 11.6 Å². The number of hydrogen-bond acceptors (Lipinski definition) is 4. The molecule has 0 spiro atoms.